The maximum Gasteiger partial charge on any atom is 0.221 e. The highest BCUT2D eigenvalue weighted by Gasteiger charge is 2.09. The van der Waals surface area contributed by atoms with Gasteiger partial charge in [0.15, 0.2) is 0 Å². The molecule has 0 aliphatic carbocycles. The van der Waals surface area contributed by atoms with Crippen LogP contribution >= 0.6 is 0 Å². The van der Waals surface area contributed by atoms with Crippen molar-refractivity contribution in [2.75, 3.05) is 6.54 Å². The van der Waals surface area contributed by atoms with E-state index in [9.17, 15) is 4.79 Å². The first-order valence-corrected chi connectivity index (χ1v) is 7.52. The predicted octanol–water partition coefficient (Wildman–Crippen LogP) is 1.61. The zero-order valence-electron chi connectivity index (χ0n) is 13.1. The molecule has 22 heavy (non-hydrogen) atoms. The zero-order valence-corrected chi connectivity index (χ0v) is 13.1. The molecule has 1 heterocycles. The number of amides is 1. The second kappa shape index (κ2) is 7.70. The van der Waals surface area contributed by atoms with E-state index in [4.69, 9.17) is 5.73 Å². The van der Waals surface area contributed by atoms with Crippen molar-refractivity contribution in [2.24, 2.45) is 5.73 Å². The molecule has 1 aromatic heterocycles. The van der Waals surface area contributed by atoms with Gasteiger partial charge in [-0.3, -0.25) is 9.48 Å². The van der Waals surface area contributed by atoms with E-state index in [1.165, 1.54) is 5.56 Å². The van der Waals surface area contributed by atoms with Crippen LogP contribution in [0.4, 0.5) is 0 Å². The molecule has 6 nitrogen and oxygen atoms in total. The zero-order chi connectivity index (χ0) is 15.9. The summed E-state index contributed by atoms with van der Waals surface area (Å²) in [5.41, 5.74) is 8.43. The Hall–Kier alpha value is -2.21. The van der Waals surface area contributed by atoms with Gasteiger partial charge >= 0.3 is 0 Å². The van der Waals surface area contributed by atoms with Crippen LogP contribution in [0.1, 0.15) is 43.4 Å². The number of aromatic nitrogens is 3. The minimum absolute atomic E-state index is 0.0373. The summed E-state index contributed by atoms with van der Waals surface area (Å²) in [6.07, 6.45) is 3.69. The Morgan fingerprint density at radius 3 is 2.55 bits per heavy atom. The number of aryl methyl sites for hydroxylation is 1. The van der Waals surface area contributed by atoms with E-state index in [2.05, 4.69) is 41.6 Å². The molecule has 0 bridgehead atoms. The maximum atomic E-state index is 11.8. The highest BCUT2D eigenvalue weighted by Crippen LogP contribution is 2.17. The molecule has 3 N–H and O–H groups in total. The summed E-state index contributed by atoms with van der Waals surface area (Å²) in [5.74, 6) is 0.464. The minimum atomic E-state index is -0.198. The van der Waals surface area contributed by atoms with Gasteiger partial charge in [-0.2, -0.15) is 0 Å². The van der Waals surface area contributed by atoms with Crippen molar-refractivity contribution < 1.29 is 4.79 Å². The van der Waals surface area contributed by atoms with Crippen molar-refractivity contribution in [2.45, 2.75) is 38.8 Å². The Labute approximate surface area is 130 Å². The van der Waals surface area contributed by atoms with Crippen LogP contribution in [0.25, 0.3) is 0 Å². The van der Waals surface area contributed by atoms with Gasteiger partial charge in [-0.1, -0.05) is 43.3 Å². The van der Waals surface area contributed by atoms with Crippen LogP contribution in [-0.2, 0) is 11.3 Å². The molecule has 1 amide bonds. The Kier molecular flexibility index (Phi) is 5.66. The summed E-state index contributed by atoms with van der Waals surface area (Å²) in [4.78, 5) is 11.8. The number of hydrogen-bond acceptors (Lipinski definition) is 4. The number of carbonyl (C=O) groups is 1. The number of carbonyl (C=O) groups excluding carboxylic acids is 1. The molecule has 1 aromatic carbocycles. The Morgan fingerprint density at radius 1 is 1.27 bits per heavy atom. The van der Waals surface area contributed by atoms with Gasteiger partial charge in [-0.25, -0.2) is 0 Å². The molecule has 6 heteroatoms. The van der Waals surface area contributed by atoms with Gasteiger partial charge in [0.05, 0.1) is 12.7 Å². The summed E-state index contributed by atoms with van der Waals surface area (Å²) in [5, 5.41) is 10.4. The van der Waals surface area contributed by atoms with Gasteiger partial charge in [-0.15, -0.1) is 5.10 Å². The fourth-order valence-corrected chi connectivity index (χ4v) is 2.13. The summed E-state index contributed by atoms with van der Waals surface area (Å²) in [7, 11) is 0. The van der Waals surface area contributed by atoms with Crippen LogP contribution < -0.4 is 11.1 Å². The second-order valence-electron chi connectivity index (χ2n) is 5.65. The number of nitrogens with one attached hydrogen (secondary N) is 1. The summed E-state index contributed by atoms with van der Waals surface area (Å²) >= 11 is 0. The molecular weight excluding hydrogens is 278 g/mol. The third-order valence-electron chi connectivity index (χ3n) is 3.59. The fraction of sp³-hybridized carbons (Fsp3) is 0.438. The number of nitrogens with two attached hydrogens (primary N) is 1. The smallest absolute Gasteiger partial charge is 0.221 e. The number of rotatable bonds is 7. The molecule has 1 unspecified atom stereocenters. The molecule has 0 aliphatic rings. The van der Waals surface area contributed by atoms with Crippen molar-refractivity contribution in [1.82, 2.24) is 20.3 Å². The fourth-order valence-electron chi connectivity index (χ4n) is 2.13. The van der Waals surface area contributed by atoms with Crippen molar-refractivity contribution in [1.29, 1.82) is 0 Å². The molecule has 2 aromatic rings. The molecule has 0 radical (unpaired) electrons. The Balaban J connectivity index is 1.76. The molecule has 118 valence electrons. The largest absolute Gasteiger partial charge is 0.354 e. The van der Waals surface area contributed by atoms with Crippen molar-refractivity contribution in [3.63, 3.8) is 0 Å². The van der Waals surface area contributed by atoms with Gasteiger partial charge in [0.2, 0.25) is 5.91 Å². The highest BCUT2D eigenvalue weighted by atomic mass is 16.1. The lowest BCUT2D eigenvalue weighted by molar-refractivity contribution is -0.121. The molecule has 0 aliphatic heterocycles. The maximum absolute atomic E-state index is 11.8. The van der Waals surface area contributed by atoms with Crippen LogP contribution in [0.15, 0.2) is 36.7 Å². The average molecular weight is 301 g/mol. The summed E-state index contributed by atoms with van der Waals surface area (Å²) < 4.78 is 1.63. The van der Waals surface area contributed by atoms with Crippen LogP contribution in [-0.4, -0.2) is 27.4 Å². The molecule has 0 saturated carbocycles. The molecule has 1 atom stereocenters. The third kappa shape index (κ3) is 4.66. The van der Waals surface area contributed by atoms with E-state index in [-0.39, 0.29) is 11.9 Å². The lowest BCUT2D eigenvalue weighted by Gasteiger charge is -2.14. The summed E-state index contributed by atoms with van der Waals surface area (Å²) in [6.45, 7) is 5.26. The topological polar surface area (TPSA) is 85.8 Å². The number of nitrogens with zero attached hydrogens (tertiary/aromatic N) is 3. The van der Waals surface area contributed by atoms with Crippen LogP contribution in [0.5, 0.6) is 0 Å². The van der Waals surface area contributed by atoms with Crippen molar-refractivity contribution in [3.05, 3.63) is 47.8 Å². The lowest BCUT2D eigenvalue weighted by atomic mass is 9.99. The number of hydrogen-bond donors (Lipinski definition) is 2. The minimum Gasteiger partial charge on any atom is -0.354 e. The Bertz CT molecular complexity index is 577. The van der Waals surface area contributed by atoms with Crippen LogP contribution in [0.2, 0.25) is 0 Å². The van der Waals surface area contributed by atoms with Gasteiger partial charge < -0.3 is 11.1 Å². The van der Waals surface area contributed by atoms with E-state index < -0.39 is 0 Å². The van der Waals surface area contributed by atoms with E-state index in [1.807, 2.05) is 12.1 Å². The predicted molar refractivity (Wildman–Crippen MR) is 85.1 cm³/mol. The first-order valence-electron chi connectivity index (χ1n) is 7.52. The van der Waals surface area contributed by atoms with E-state index in [0.29, 0.717) is 25.4 Å². The van der Waals surface area contributed by atoms with Crippen LogP contribution in [0.3, 0.4) is 0 Å². The van der Waals surface area contributed by atoms with Crippen molar-refractivity contribution >= 4 is 5.91 Å². The van der Waals surface area contributed by atoms with Gasteiger partial charge in [0, 0.05) is 25.2 Å². The van der Waals surface area contributed by atoms with Gasteiger partial charge in [0.25, 0.3) is 0 Å². The standard InChI is InChI=1S/C16H23N5O/c1-12(2)13-3-5-14(6-4-13)15(17)11-18-16(22)7-9-21-10-8-19-20-21/h3-6,8,10,12,15H,7,9,11,17H2,1-2H3,(H,18,22). The molecule has 0 spiro atoms. The second-order valence-corrected chi connectivity index (χ2v) is 5.65. The van der Waals surface area contributed by atoms with E-state index in [0.717, 1.165) is 5.56 Å². The van der Waals surface area contributed by atoms with Crippen molar-refractivity contribution in [3.8, 4) is 0 Å². The first-order chi connectivity index (χ1) is 10.6. The SMILES string of the molecule is CC(C)c1ccc(C(N)CNC(=O)CCn2ccnn2)cc1. The molecule has 0 fully saturated rings. The monoisotopic (exact) mass is 301 g/mol. The average Bonchev–Trinajstić information content (AvgIpc) is 3.04. The molecule has 2 rings (SSSR count). The first kappa shape index (κ1) is 16.2. The number of benzene rings is 1. The Morgan fingerprint density at radius 2 is 1.95 bits per heavy atom. The highest BCUT2D eigenvalue weighted by molar-refractivity contribution is 5.75. The molecular formula is C16H23N5O. The van der Waals surface area contributed by atoms with Crippen LogP contribution in [0, 0.1) is 0 Å². The normalized spacial score (nSPS) is 12.4. The lowest BCUT2D eigenvalue weighted by Crippen LogP contribution is -2.32. The quantitative estimate of drug-likeness (QED) is 0.813. The van der Waals surface area contributed by atoms with Gasteiger partial charge in [-0.05, 0) is 17.0 Å². The van der Waals surface area contributed by atoms with E-state index in [1.54, 1.807) is 17.1 Å². The van der Waals surface area contributed by atoms with Gasteiger partial charge in [0.1, 0.15) is 0 Å². The third-order valence-corrected chi connectivity index (χ3v) is 3.59. The molecule has 0 saturated heterocycles. The van der Waals surface area contributed by atoms with E-state index >= 15 is 0 Å². The summed E-state index contributed by atoms with van der Waals surface area (Å²) in [6, 6.07) is 8.04.